The van der Waals surface area contributed by atoms with Crippen LogP contribution in [0.15, 0.2) is 53.4 Å². The van der Waals surface area contributed by atoms with E-state index in [4.69, 9.17) is 10.7 Å². The van der Waals surface area contributed by atoms with Crippen LogP contribution in [0.25, 0.3) is 0 Å². The molecule has 0 saturated heterocycles. The van der Waals surface area contributed by atoms with E-state index in [-0.39, 0.29) is 17.0 Å². The Kier molecular flexibility index (Phi) is 4.59. The van der Waals surface area contributed by atoms with Crippen molar-refractivity contribution in [1.29, 1.82) is 0 Å². The number of hydrogen-bond donors (Lipinski definition) is 1. The average Bonchev–Trinajstić information content (AvgIpc) is 2.45. The number of carbonyl (C=O) groups excluding carboxylic acids is 1. The molecule has 0 aromatic heterocycles. The first kappa shape index (κ1) is 15.5. The summed E-state index contributed by atoms with van der Waals surface area (Å²) in [7, 11) is 1.43. The summed E-state index contributed by atoms with van der Waals surface area (Å²) < 4.78 is 35.6. The zero-order valence-electron chi connectivity index (χ0n) is 10.7. The van der Waals surface area contributed by atoms with Crippen LogP contribution >= 0.6 is 10.7 Å². The van der Waals surface area contributed by atoms with Gasteiger partial charge in [-0.05, 0) is 29.8 Å². The quantitative estimate of drug-likeness (QED) is 0.878. The molecule has 0 aliphatic heterocycles. The molecule has 0 unspecified atom stereocenters. The maximum Gasteiger partial charge on any atom is 0.261 e. The van der Waals surface area contributed by atoms with Gasteiger partial charge in [0.15, 0.2) is 0 Å². The Morgan fingerprint density at radius 3 is 2.29 bits per heavy atom. The highest BCUT2D eigenvalue weighted by Gasteiger charge is 2.11. The fourth-order valence-corrected chi connectivity index (χ4v) is 2.46. The van der Waals surface area contributed by atoms with Crippen LogP contribution in [0.5, 0.6) is 0 Å². The second kappa shape index (κ2) is 6.24. The minimum atomic E-state index is -3.76. The van der Waals surface area contributed by atoms with E-state index in [2.05, 4.69) is 5.32 Å². The van der Waals surface area contributed by atoms with Crippen LogP contribution in [0, 0.1) is 5.82 Å². The largest absolute Gasteiger partial charge is 0.348 e. The molecular formula is C14H11ClFNO3S. The first-order valence-electron chi connectivity index (χ1n) is 5.94. The summed E-state index contributed by atoms with van der Waals surface area (Å²) in [5, 5.41) is 2.55. The molecule has 0 saturated carbocycles. The average molecular weight is 328 g/mol. The Balaban J connectivity index is 2.04. The van der Waals surface area contributed by atoms with Crippen molar-refractivity contribution in [2.45, 2.75) is 11.4 Å². The Morgan fingerprint density at radius 2 is 1.71 bits per heavy atom. The highest BCUT2D eigenvalue weighted by atomic mass is 35.7. The first-order chi connectivity index (χ1) is 9.88. The predicted molar refractivity (Wildman–Crippen MR) is 77.1 cm³/mol. The van der Waals surface area contributed by atoms with Crippen molar-refractivity contribution < 1.29 is 17.6 Å². The van der Waals surface area contributed by atoms with Crippen LogP contribution in [0.4, 0.5) is 4.39 Å². The van der Waals surface area contributed by atoms with Gasteiger partial charge in [0.25, 0.3) is 15.0 Å². The second-order valence-electron chi connectivity index (χ2n) is 4.24. The number of halogens is 2. The van der Waals surface area contributed by atoms with Gasteiger partial charge < -0.3 is 5.32 Å². The Morgan fingerprint density at radius 1 is 1.10 bits per heavy atom. The van der Waals surface area contributed by atoms with Gasteiger partial charge in [-0.25, -0.2) is 12.8 Å². The van der Waals surface area contributed by atoms with E-state index in [9.17, 15) is 17.6 Å². The fourth-order valence-electron chi connectivity index (χ4n) is 1.69. The topological polar surface area (TPSA) is 63.2 Å². The van der Waals surface area contributed by atoms with E-state index < -0.39 is 20.8 Å². The summed E-state index contributed by atoms with van der Waals surface area (Å²) in [6.07, 6.45) is 0. The maximum atomic E-state index is 13.4. The monoisotopic (exact) mass is 327 g/mol. The molecule has 0 fully saturated rings. The van der Waals surface area contributed by atoms with Crippen LogP contribution in [0.3, 0.4) is 0 Å². The lowest BCUT2D eigenvalue weighted by molar-refractivity contribution is 0.0947. The molecule has 0 bridgehead atoms. The molecule has 0 aliphatic rings. The summed E-state index contributed by atoms with van der Waals surface area (Å²) in [6.45, 7) is 0.149. The van der Waals surface area contributed by atoms with Gasteiger partial charge in [-0.15, -0.1) is 0 Å². The number of amides is 1. The molecule has 0 spiro atoms. The molecule has 0 atom stereocenters. The van der Waals surface area contributed by atoms with Crippen LogP contribution in [0.1, 0.15) is 15.9 Å². The number of carbonyl (C=O) groups is 1. The molecule has 0 heterocycles. The molecule has 4 nitrogen and oxygen atoms in total. The zero-order chi connectivity index (χ0) is 15.5. The summed E-state index contributed by atoms with van der Waals surface area (Å²) >= 11 is 0. The van der Waals surface area contributed by atoms with Gasteiger partial charge in [0.1, 0.15) is 5.82 Å². The lowest BCUT2D eigenvalue weighted by atomic mass is 10.2. The van der Waals surface area contributed by atoms with Gasteiger partial charge >= 0.3 is 0 Å². The van der Waals surface area contributed by atoms with E-state index in [1.54, 1.807) is 6.07 Å². The van der Waals surface area contributed by atoms with Crippen LogP contribution in [-0.2, 0) is 15.6 Å². The van der Waals surface area contributed by atoms with Crippen molar-refractivity contribution in [2.24, 2.45) is 0 Å². The van der Waals surface area contributed by atoms with E-state index in [0.29, 0.717) is 5.56 Å². The van der Waals surface area contributed by atoms with Crippen molar-refractivity contribution in [3.05, 3.63) is 65.5 Å². The molecule has 110 valence electrons. The summed E-state index contributed by atoms with van der Waals surface area (Å²) in [6, 6.07) is 11.4. The number of nitrogens with one attached hydrogen (secondary N) is 1. The van der Waals surface area contributed by atoms with Gasteiger partial charge in [-0.3, -0.25) is 4.79 Å². The molecule has 2 aromatic rings. The van der Waals surface area contributed by atoms with Gasteiger partial charge in [0.2, 0.25) is 0 Å². The molecule has 2 rings (SSSR count). The van der Waals surface area contributed by atoms with Crippen molar-refractivity contribution in [3.8, 4) is 0 Å². The van der Waals surface area contributed by atoms with E-state index in [0.717, 1.165) is 0 Å². The Bertz CT molecular complexity index is 760. The summed E-state index contributed by atoms with van der Waals surface area (Å²) in [4.78, 5) is 11.8. The molecule has 1 N–H and O–H groups in total. The van der Waals surface area contributed by atoms with E-state index >= 15 is 0 Å². The summed E-state index contributed by atoms with van der Waals surface area (Å²) in [5.41, 5.74) is 0.626. The maximum absolute atomic E-state index is 13.4. The second-order valence-corrected chi connectivity index (χ2v) is 6.81. The summed E-state index contributed by atoms with van der Waals surface area (Å²) in [5.74, 6) is -1.14. The number of benzene rings is 2. The standard InChI is InChI=1S/C14H11ClFNO3S/c15-21(19,20)11-7-5-10(6-8-11)9-17-14(18)12-3-1-2-4-13(12)16/h1-8H,9H2,(H,17,18). The highest BCUT2D eigenvalue weighted by molar-refractivity contribution is 8.13. The Hall–Kier alpha value is -1.92. The van der Waals surface area contributed by atoms with Crippen LogP contribution in [0.2, 0.25) is 0 Å². The third kappa shape index (κ3) is 4.03. The molecule has 21 heavy (non-hydrogen) atoms. The third-order valence-electron chi connectivity index (χ3n) is 2.78. The first-order valence-corrected chi connectivity index (χ1v) is 8.25. The van der Waals surface area contributed by atoms with Crippen molar-refractivity contribution in [1.82, 2.24) is 5.32 Å². The van der Waals surface area contributed by atoms with Gasteiger partial charge in [-0.1, -0.05) is 24.3 Å². The Labute approximate surface area is 126 Å². The van der Waals surface area contributed by atoms with Crippen LogP contribution in [-0.4, -0.2) is 14.3 Å². The zero-order valence-corrected chi connectivity index (χ0v) is 12.3. The van der Waals surface area contributed by atoms with Crippen molar-refractivity contribution in [2.75, 3.05) is 0 Å². The number of rotatable bonds is 4. The molecule has 7 heteroatoms. The molecule has 2 aromatic carbocycles. The molecule has 1 amide bonds. The van der Waals surface area contributed by atoms with Crippen LogP contribution < -0.4 is 5.32 Å². The van der Waals surface area contributed by atoms with Gasteiger partial charge in [0.05, 0.1) is 10.5 Å². The fraction of sp³-hybridized carbons (Fsp3) is 0.0714. The molecule has 0 radical (unpaired) electrons. The van der Waals surface area contributed by atoms with E-state index in [1.807, 2.05) is 0 Å². The molecular weight excluding hydrogens is 317 g/mol. The predicted octanol–water partition coefficient (Wildman–Crippen LogP) is 2.68. The van der Waals surface area contributed by atoms with Crippen molar-refractivity contribution >= 4 is 25.6 Å². The third-order valence-corrected chi connectivity index (χ3v) is 4.15. The van der Waals surface area contributed by atoms with E-state index in [1.165, 1.54) is 42.5 Å². The van der Waals surface area contributed by atoms with Gasteiger partial charge in [-0.2, -0.15) is 0 Å². The highest BCUT2D eigenvalue weighted by Crippen LogP contribution is 2.15. The SMILES string of the molecule is O=C(NCc1ccc(S(=O)(=O)Cl)cc1)c1ccccc1F. The van der Waals surface area contributed by atoms with Crippen molar-refractivity contribution in [3.63, 3.8) is 0 Å². The smallest absolute Gasteiger partial charge is 0.261 e. The number of hydrogen-bond acceptors (Lipinski definition) is 3. The van der Waals surface area contributed by atoms with Gasteiger partial charge in [0, 0.05) is 17.2 Å². The minimum absolute atomic E-state index is 0.0200. The lowest BCUT2D eigenvalue weighted by Gasteiger charge is -2.06. The normalized spacial score (nSPS) is 11.1. The lowest BCUT2D eigenvalue weighted by Crippen LogP contribution is -2.23. The minimum Gasteiger partial charge on any atom is -0.348 e. The molecule has 0 aliphatic carbocycles.